The van der Waals surface area contributed by atoms with Crippen molar-refractivity contribution in [2.24, 2.45) is 0 Å². The molecular formula is C20H26ClN3O. The molecule has 25 heavy (non-hydrogen) atoms. The molecule has 134 valence electrons. The van der Waals surface area contributed by atoms with Gasteiger partial charge in [0.2, 0.25) is 5.91 Å². The number of amides is 1. The Morgan fingerprint density at radius 2 is 1.52 bits per heavy atom. The lowest BCUT2D eigenvalue weighted by atomic mass is 10.0. The lowest BCUT2D eigenvalue weighted by Crippen LogP contribution is -2.48. The Balaban J connectivity index is 0.00000225. The maximum atomic E-state index is 12.4. The summed E-state index contributed by atoms with van der Waals surface area (Å²) in [4.78, 5) is 17.1. The summed E-state index contributed by atoms with van der Waals surface area (Å²) >= 11 is 0. The number of nitrogens with one attached hydrogen (secondary N) is 1. The van der Waals surface area contributed by atoms with Gasteiger partial charge in [-0.1, -0.05) is 55.5 Å². The monoisotopic (exact) mass is 359 g/mol. The van der Waals surface area contributed by atoms with Crippen molar-refractivity contribution in [3.8, 4) is 11.1 Å². The number of piperazine rings is 1. The summed E-state index contributed by atoms with van der Waals surface area (Å²) in [6, 6.07) is 18.1. The summed E-state index contributed by atoms with van der Waals surface area (Å²) in [6.07, 6.45) is 0. The van der Waals surface area contributed by atoms with Gasteiger partial charge in [-0.2, -0.15) is 0 Å². The van der Waals surface area contributed by atoms with Gasteiger partial charge in [-0.05, 0) is 18.2 Å². The first kappa shape index (κ1) is 19.4. The van der Waals surface area contributed by atoms with Crippen LogP contribution in [-0.2, 0) is 4.79 Å². The number of nitrogens with zero attached hydrogens (tertiary/aromatic N) is 2. The van der Waals surface area contributed by atoms with Crippen LogP contribution >= 0.6 is 12.4 Å². The minimum absolute atomic E-state index is 0. The minimum Gasteiger partial charge on any atom is -0.324 e. The summed E-state index contributed by atoms with van der Waals surface area (Å²) in [5, 5.41) is 3.09. The van der Waals surface area contributed by atoms with E-state index in [9.17, 15) is 4.79 Å². The van der Waals surface area contributed by atoms with E-state index in [1.807, 2.05) is 42.5 Å². The minimum atomic E-state index is 0. The molecule has 0 aromatic heterocycles. The van der Waals surface area contributed by atoms with E-state index in [2.05, 4.69) is 34.2 Å². The van der Waals surface area contributed by atoms with Gasteiger partial charge in [-0.3, -0.25) is 9.69 Å². The van der Waals surface area contributed by atoms with Crippen molar-refractivity contribution in [3.63, 3.8) is 0 Å². The van der Waals surface area contributed by atoms with Gasteiger partial charge in [0.05, 0.1) is 6.54 Å². The number of para-hydroxylation sites is 1. The number of carbonyl (C=O) groups is 1. The standard InChI is InChI=1S/C20H25N3O.ClH/c1-2-22-12-14-23(15-13-22)16-20(24)21-19-11-7-6-10-18(19)17-8-4-3-5-9-17;/h3-11H,2,12-16H2,1H3,(H,21,24);1H. The predicted octanol–water partition coefficient (Wildman–Crippen LogP) is 3.35. The van der Waals surface area contributed by atoms with Crippen LogP contribution in [0.3, 0.4) is 0 Å². The highest BCUT2D eigenvalue weighted by atomic mass is 35.5. The third kappa shape index (κ3) is 5.30. The molecule has 0 unspecified atom stereocenters. The van der Waals surface area contributed by atoms with E-state index in [4.69, 9.17) is 0 Å². The van der Waals surface area contributed by atoms with Crippen molar-refractivity contribution in [2.75, 3.05) is 44.6 Å². The summed E-state index contributed by atoms with van der Waals surface area (Å²) in [6.45, 7) is 7.74. The maximum absolute atomic E-state index is 12.4. The molecule has 1 heterocycles. The number of halogens is 1. The fourth-order valence-electron chi connectivity index (χ4n) is 3.12. The van der Waals surface area contributed by atoms with Crippen molar-refractivity contribution in [1.29, 1.82) is 0 Å². The Labute approximate surface area is 156 Å². The summed E-state index contributed by atoms with van der Waals surface area (Å²) in [7, 11) is 0. The zero-order valence-electron chi connectivity index (χ0n) is 14.6. The molecule has 0 aliphatic carbocycles. The molecule has 0 atom stereocenters. The molecule has 3 rings (SSSR count). The Hall–Kier alpha value is -1.88. The van der Waals surface area contributed by atoms with Crippen LogP contribution in [0, 0.1) is 0 Å². The van der Waals surface area contributed by atoms with Gasteiger partial charge in [-0.25, -0.2) is 0 Å². The normalized spacial score (nSPS) is 15.4. The van der Waals surface area contributed by atoms with Gasteiger partial charge in [-0.15, -0.1) is 12.4 Å². The van der Waals surface area contributed by atoms with Gasteiger partial charge in [0.15, 0.2) is 0 Å². The van der Waals surface area contributed by atoms with E-state index in [1.165, 1.54) is 0 Å². The number of hydrogen-bond donors (Lipinski definition) is 1. The highest BCUT2D eigenvalue weighted by Gasteiger charge is 2.18. The molecule has 1 aliphatic heterocycles. The van der Waals surface area contributed by atoms with Crippen LogP contribution in [0.25, 0.3) is 11.1 Å². The van der Waals surface area contributed by atoms with Crippen LogP contribution in [0.15, 0.2) is 54.6 Å². The van der Waals surface area contributed by atoms with Crippen LogP contribution in [0.4, 0.5) is 5.69 Å². The fourth-order valence-corrected chi connectivity index (χ4v) is 3.12. The van der Waals surface area contributed by atoms with Crippen LogP contribution in [-0.4, -0.2) is 55.0 Å². The first-order chi connectivity index (χ1) is 11.8. The molecule has 0 radical (unpaired) electrons. The zero-order valence-corrected chi connectivity index (χ0v) is 15.5. The molecule has 5 heteroatoms. The lowest BCUT2D eigenvalue weighted by Gasteiger charge is -2.33. The molecule has 1 N–H and O–H groups in total. The Kier molecular flexibility index (Phi) is 7.44. The van der Waals surface area contributed by atoms with E-state index in [1.54, 1.807) is 0 Å². The summed E-state index contributed by atoms with van der Waals surface area (Å²) < 4.78 is 0. The number of carbonyl (C=O) groups excluding carboxylic acids is 1. The highest BCUT2D eigenvalue weighted by Crippen LogP contribution is 2.27. The third-order valence-electron chi connectivity index (χ3n) is 4.57. The number of benzene rings is 2. The van der Waals surface area contributed by atoms with E-state index < -0.39 is 0 Å². The van der Waals surface area contributed by atoms with Crippen molar-refractivity contribution >= 4 is 24.0 Å². The number of rotatable bonds is 5. The Morgan fingerprint density at radius 3 is 2.20 bits per heavy atom. The zero-order chi connectivity index (χ0) is 16.8. The molecule has 1 aliphatic rings. The SMILES string of the molecule is CCN1CCN(CC(=O)Nc2ccccc2-c2ccccc2)CC1.Cl. The lowest BCUT2D eigenvalue weighted by molar-refractivity contribution is -0.117. The van der Waals surface area contributed by atoms with Crippen LogP contribution in [0.5, 0.6) is 0 Å². The molecule has 0 saturated carbocycles. The quantitative estimate of drug-likeness (QED) is 0.889. The second-order valence-electron chi connectivity index (χ2n) is 6.17. The largest absolute Gasteiger partial charge is 0.324 e. The molecule has 1 amide bonds. The molecular weight excluding hydrogens is 334 g/mol. The van der Waals surface area contributed by atoms with Gasteiger partial charge < -0.3 is 10.2 Å². The molecule has 2 aromatic carbocycles. The molecule has 2 aromatic rings. The van der Waals surface area contributed by atoms with Gasteiger partial charge in [0.25, 0.3) is 0 Å². The molecule has 1 fully saturated rings. The van der Waals surface area contributed by atoms with E-state index in [0.29, 0.717) is 6.54 Å². The summed E-state index contributed by atoms with van der Waals surface area (Å²) in [5.74, 6) is 0.0586. The topological polar surface area (TPSA) is 35.6 Å². The average molecular weight is 360 g/mol. The van der Waals surface area contributed by atoms with E-state index >= 15 is 0 Å². The number of likely N-dealkylation sites (N-methyl/N-ethyl adjacent to an activating group) is 1. The molecule has 0 bridgehead atoms. The first-order valence-corrected chi connectivity index (χ1v) is 8.65. The van der Waals surface area contributed by atoms with Crippen LogP contribution < -0.4 is 5.32 Å². The number of anilines is 1. The van der Waals surface area contributed by atoms with Crippen molar-refractivity contribution < 1.29 is 4.79 Å². The molecule has 1 saturated heterocycles. The van der Waals surface area contributed by atoms with E-state index in [0.717, 1.165) is 49.5 Å². The maximum Gasteiger partial charge on any atom is 0.238 e. The van der Waals surface area contributed by atoms with Crippen LogP contribution in [0.1, 0.15) is 6.92 Å². The Bertz CT molecular complexity index is 670. The van der Waals surface area contributed by atoms with Gasteiger partial charge in [0.1, 0.15) is 0 Å². The molecule has 0 spiro atoms. The second-order valence-corrected chi connectivity index (χ2v) is 6.17. The van der Waals surface area contributed by atoms with E-state index in [-0.39, 0.29) is 18.3 Å². The predicted molar refractivity (Wildman–Crippen MR) is 106 cm³/mol. The molecule has 4 nitrogen and oxygen atoms in total. The Morgan fingerprint density at radius 1 is 0.920 bits per heavy atom. The number of hydrogen-bond acceptors (Lipinski definition) is 3. The van der Waals surface area contributed by atoms with Gasteiger partial charge in [0, 0.05) is 37.4 Å². The highest BCUT2D eigenvalue weighted by molar-refractivity contribution is 5.96. The second kappa shape index (κ2) is 9.56. The van der Waals surface area contributed by atoms with Crippen molar-refractivity contribution in [2.45, 2.75) is 6.92 Å². The van der Waals surface area contributed by atoms with Crippen molar-refractivity contribution in [1.82, 2.24) is 9.80 Å². The van der Waals surface area contributed by atoms with Gasteiger partial charge >= 0.3 is 0 Å². The van der Waals surface area contributed by atoms with Crippen LogP contribution in [0.2, 0.25) is 0 Å². The van der Waals surface area contributed by atoms with Crippen molar-refractivity contribution in [3.05, 3.63) is 54.6 Å². The average Bonchev–Trinajstić information content (AvgIpc) is 2.63. The first-order valence-electron chi connectivity index (χ1n) is 8.65. The smallest absolute Gasteiger partial charge is 0.238 e. The third-order valence-corrected chi connectivity index (χ3v) is 4.57. The fraction of sp³-hybridized carbons (Fsp3) is 0.350. The summed E-state index contributed by atoms with van der Waals surface area (Å²) in [5.41, 5.74) is 3.05.